The van der Waals surface area contributed by atoms with Crippen molar-refractivity contribution in [3.63, 3.8) is 0 Å². The van der Waals surface area contributed by atoms with Gasteiger partial charge >= 0.3 is 0 Å². The van der Waals surface area contributed by atoms with Gasteiger partial charge in [-0.15, -0.1) is 0 Å². The molecule has 0 radical (unpaired) electrons. The van der Waals surface area contributed by atoms with E-state index in [1.165, 1.54) is 7.11 Å². The first kappa shape index (κ1) is 47.6. The Kier molecular flexibility index (Phi) is 14.2. The normalized spacial score (nSPS) is 24.2. The number of hydrogen-bond donors (Lipinski definition) is 7. The van der Waals surface area contributed by atoms with Crippen LogP contribution < -0.4 is 25.1 Å². The topological polar surface area (TPSA) is 188 Å². The number of Topliss-reactive ketones (excluding diaryl/α,β-unsaturated/α-hetero) is 1. The smallest absolute Gasteiger partial charge is 0.200 e. The number of phenols is 4. The second-order valence-corrected chi connectivity index (χ2v) is 19.9. The van der Waals surface area contributed by atoms with Crippen LogP contribution in [0.1, 0.15) is 98.1 Å². The molecule has 6 aromatic rings. The molecule has 1 saturated carbocycles. The van der Waals surface area contributed by atoms with E-state index in [0.29, 0.717) is 61.9 Å². The molecule has 0 amide bonds. The number of aromatic hydroxyl groups is 4. The summed E-state index contributed by atoms with van der Waals surface area (Å²) in [6.07, 6.45) is 12.8. The van der Waals surface area contributed by atoms with E-state index < -0.39 is 23.4 Å². The fourth-order valence-corrected chi connectivity index (χ4v) is 12.2. The number of benzene rings is 4. The highest BCUT2D eigenvalue weighted by molar-refractivity contribution is 5.93. The number of nitrogens with one attached hydrogen (secondary N) is 2. The van der Waals surface area contributed by atoms with Crippen LogP contribution in [-0.2, 0) is 23.1 Å². The standard InChI is InChI=1S/C57H65N4O8/c1-34-7-4-8-36(23-34)33-69-52-29-39(28-50(66)56(52)67)38-25-40(32-58-2)54-45-15-14-44(62)26-37(45)13-16-46(54)61-53-31-42(19-22-60-53)57(20-5-9-41(57)30-43-10-6-21-59-43)55(49(65)27-38)48(64)18-12-35-11-17-47(63)51(24-35)68-3/h4,6,8,10-11,13-17,19,21-22,24,26,28-29,31,34,36,38,40-41,48,55,58,62-64,66-67H,5,7,9,12,18,20,23,25,27,30,32-33H2,1-3H3,(H,60,61)/q-1. The number of methoxy groups -OCH3 is 1. The van der Waals surface area contributed by atoms with Crippen molar-refractivity contribution in [2.45, 2.75) is 94.5 Å². The minimum absolute atomic E-state index is 0.0108. The van der Waals surface area contributed by atoms with Crippen molar-refractivity contribution < 1.29 is 39.8 Å². The Bertz CT molecular complexity index is 2790. The molecule has 4 aromatic carbocycles. The number of fused-ring (bicyclic) bond motifs is 6. The summed E-state index contributed by atoms with van der Waals surface area (Å²) < 4.78 is 11.8. The van der Waals surface area contributed by atoms with E-state index in [2.05, 4.69) is 35.8 Å². The van der Waals surface area contributed by atoms with Gasteiger partial charge in [0, 0.05) is 36.2 Å². The molecule has 362 valence electrons. The van der Waals surface area contributed by atoms with Crippen LogP contribution in [0.4, 0.5) is 11.5 Å². The number of aliphatic hydroxyl groups is 1. The van der Waals surface area contributed by atoms with E-state index in [4.69, 9.17) is 19.4 Å². The van der Waals surface area contributed by atoms with Gasteiger partial charge in [0.1, 0.15) is 17.4 Å². The van der Waals surface area contributed by atoms with Gasteiger partial charge in [0.05, 0.1) is 25.7 Å². The van der Waals surface area contributed by atoms with Gasteiger partial charge in [-0.3, -0.25) is 4.79 Å². The highest BCUT2D eigenvalue weighted by atomic mass is 16.5. The number of carbonyl (C=O) groups is 1. The molecule has 69 heavy (non-hydrogen) atoms. The summed E-state index contributed by atoms with van der Waals surface area (Å²) in [6, 6.07) is 25.9. The van der Waals surface area contributed by atoms with E-state index in [-0.39, 0.29) is 65.1 Å². The van der Waals surface area contributed by atoms with Crippen LogP contribution >= 0.6 is 0 Å². The first-order valence-corrected chi connectivity index (χ1v) is 24.6. The molecular formula is C57H65N4O8-. The molecule has 7 N–H and O–H groups in total. The van der Waals surface area contributed by atoms with Crippen LogP contribution in [0.15, 0.2) is 109 Å². The maximum atomic E-state index is 16.2. The average molecular weight is 934 g/mol. The summed E-state index contributed by atoms with van der Waals surface area (Å²) in [7, 11) is 3.40. The zero-order valence-corrected chi connectivity index (χ0v) is 39.8. The summed E-state index contributed by atoms with van der Waals surface area (Å²) >= 11 is 0. The third-order valence-electron chi connectivity index (χ3n) is 15.3. The van der Waals surface area contributed by atoms with Crippen LogP contribution in [0, 0.1) is 23.7 Å². The van der Waals surface area contributed by atoms with Gasteiger partial charge in [0.2, 0.25) is 5.75 Å². The quantitative estimate of drug-likeness (QED) is 0.0430. The molecule has 3 aliphatic rings. The third kappa shape index (κ3) is 10.0. The number of aryl methyl sites for hydroxylation is 1. The van der Waals surface area contributed by atoms with Crippen LogP contribution in [0.25, 0.3) is 10.8 Å². The van der Waals surface area contributed by atoms with Crippen molar-refractivity contribution in [3.05, 3.63) is 137 Å². The predicted molar refractivity (Wildman–Crippen MR) is 268 cm³/mol. The van der Waals surface area contributed by atoms with E-state index in [1.54, 1.807) is 48.8 Å². The molecular weight excluding hydrogens is 869 g/mol. The number of ether oxygens (including phenoxy) is 2. The molecule has 12 heteroatoms. The second kappa shape index (κ2) is 20.6. The van der Waals surface area contributed by atoms with Crippen LogP contribution in [0.2, 0.25) is 0 Å². The van der Waals surface area contributed by atoms with E-state index >= 15 is 4.79 Å². The largest absolute Gasteiger partial charge is 0.668 e. The lowest BCUT2D eigenvalue weighted by atomic mass is 9.58. The molecule has 8 unspecified atom stereocenters. The number of ketones is 1. The highest BCUT2D eigenvalue weighted by Gasteiger charge is 2.54. The zero-order chi connectivity index (χ0) is 48.2. The average Bonchev–Trinajstić information content (AvgIpc) is 4.02. The van der Waals surface area contributed by atoms with Crippen molar-refractivity contribution in [1.82, 2.24) is 15.3 Å². The monoisotopic (exact) mass is 933 g/mol. The van der Waals surface area contributed by atoms with Gasteiger partial charge in [0.25, 0.3) is 0 Å². The number of pyridine rings is 1. The van der Waals surface area contributed by atoms with Crippen molar-refractivity contribution in [1.29, 1.82) is 0 Å². The van der Waals surface area contributed by atoms with Crippen molar-refractivity contribution in [3.8, 4) is 34.5 Å². The van der Waals surface area contributed by atoms with E-state index in [1.807, 2.05) is 49.5 Å². The Balaban J connectivity index is 1.22. The third-order valence-corrected chi connectivity index (χ3v) is 15.3. The lowest BCUT2D eigenvalue weighted by molar-refractivity contribution is -0.132. The molecule has 12 nitrogen and oxygen atoms in total. The Morgan fingerprint density at radius 1 is 0.971 bits per heavy atom. The Morgan fingerprint density at radius 3 is 2.64 bits per heavy atom. The second-order valence-electron chi connectivity index (χ2n) is 19.9. The number of allylic oxidation sites excluding steroid dienone is 1. The number of anilines is 2. The number of aliphatic hydroxyl groups excluding tert-OH is 1. The molecule has 8 atom stereocenters. The lowest BCUT2D eigenvalue weighted by Gasteiger charge is -2.45. The number of likely N-dealkylation sites (N-methyl/N-ethyl adjacent to an activating group) is 1. The Labute approximate surface area is 404 Å². The zero-order valence-electron chi connectivity index (χ0n) is 39.8. The lowest BCUT2D eigenvalue weighted by Crippen LogP contribution is -2.50. The fourth-order valence-electron chi connectivity index (χ4n) is 12.2. The maximum absolute atomic E-state index is 16.2. The summed E-state index contributed by atoms with van der Waals surface area (Å²) in [4.78, 5) is 25.8. The molecule has 2 bridgehead atoms. The molecule has 9 rings (SSSR count). The molecule has 1 fully saturated rings. The number of hydrogen-bond acceptors (Lipinski definition) is 11. The molecule has 2 aromatic heterocycles. The molecule has 0 saturated heterocycles. The predicted octanol–water partition coefficient (Wildman–Crippen LogP) is 10.1. The van der Waals surface area contributed by atoms with Crippen molar-refractivity contribution in [2.75, 3.05) is 32.6 Å². The first-order valence-electron chi connectivity index (χ1n) is 24.6. The number of phenolic OH excluding ortho intramolecular Hbond substituents is 4. The number of carbonyl (C=O) groups excluding carboxylic acids is 1. The van der Waals surface area contributed by atoms with Gasteiger partial charge in [-0.2, -0.15) is 11.9 Å². The summed E-state index contributed by atoms with van der Waals surface area (Å²) in [5.74, 6) is -0.631. The highest BCUT2D eigenvalue weighted by Crippen LogP contribution is 2.56. The van der Waals surface area contributed by atoms with Gasteiger partial charge in [-0.05, 0) is 170 Å². The van der Waals surface area contributed by atoms with E-state index in [9.17, 15) is 25.5 Å². The van der Waals surface area contributed by atoms with Crippen molar-refractivity contribution in [2.24, 2.45) is 23.7 Å². The molecule has 2 aliphatic carbocycles. The van der Waals surface area contributed by atoms with Crippen LogP contribution in [0.3, 0.4) is 0 Å². The SMILES string of the molecule is CNCC1CC(c2cc(O)c(O)c(OCC3C=CCC(C)C3)c2)CC(=O)C(C(O)CCc2ccc(O)c(OC)c2)C2(CCCC2Cc2ccc[n-]2)c2ccnc(c2)Nc2ccc3cc(O)ccc3c21. The summed E-state index contributed by atoms with van der Waals surface area (Å²) in [5.41, 5.74) is 4.29. The molecule has 1 aliphatic heterocycles. The van der Waals surface area contributed by atoms with Crippen LogP contribution in [-0.4, -0.2) is 69.7 Å². The molecule has 1 spiro atoms. The first-order chi connectivity index (χ1) is 33.4. The molecule has 3 heterocycles. The van der Waals surface area contributed by atoms with Crippen molar-refractivity contribution >= 4 is 28.1 Å². The Hall–Kier alpha value is -6.50. The number of aromatic nitrogens is 2. The van der Waals surface area contributed by atoms with Gasteiger partial charge < -0.3 is 50.6 Å². The fraction of sp³-hybridized carbons (Fsp3) is 0.404. The van der Waals surface area contributed by atoms with Gasteiger partial charge in [-0.1, -0.05) is 55.8 Å². The number of nitrogens with zero attached hydrogens (tertiary/aromatic N) is 2. The van der Waals surface area contributed by atoms with Crippen LogP contribution in [0.5, 0.6) is 34.5 Å². The summed E-state index contributed by atoms with van der Waals surface area (Å²) in [6.45, 7) is 3.03. The Morgan fingerprint density at radius 2 is 1.84 bits per heavy atom. The van der Waals surface area contributed by atoms with Gasteiger partial charge in [0.15, 0.2) is 23.0 Å². The maximum Gasteiger partial charge on any atom is 0.200 e. The van der Waals surface area contributed by atoms with Gasteiger partial charge in [-0.25, -0.2) is 4.98 Å². The minimum atomic E-state index is -1.10. The van der Waals surface area contributed by atoms with E-state index in [0.717, 1.165) is 64.5 Å². The minimum Gasteiger partial charge on any atom is -0.668 e. The summed E-state index contributed by atoms with van der Waals surface area (Å²) in [5, 5.41) is 65.8. The number of rotatable bonds is 13.